The van der Waals surface area contributed by atoms with Crippen molar-refractivity contribution in [2.75, 3.05) is 0 Å². The van der Waals surface area contributed by atoms with Gasteiger partial charge in [-0.25, -0.2) is 4.39 Å². The van der Waals surface area contributed by atoms with Crippen LogP contribution in [0.15, 0.2) is 34.1 Å². The van der Waals surface area contributed by atoms with Gasteiger partial charge in [0, 0.05) is 6.42 Å². The molecule has 1 aromatic carbocycles. The van der Waals surface area contributed by atoms with Crippen LogP contribution in [-0.2, 0) is 6.42 Å². The molecule has 0 aliphatic rings. The monoisotopic (exact) mass is 334 g/mol. The average molecular weight is 336 g/mol. The van der Waals surface area contributed by atoms with Gasteiger partial charge in [-0.1, -0.05) is 17.7 Å². The zero-order chi connectivity index (χ0) is 12.4. The summed E-state index contributed by atoms with van der Waals surface area (Å²) in [5.74, 6) is -0.308. The summed E-state index contributed by atoms with van der Waals surface area (Å²) in [4.78, 5) is 0.743. The highest BCUT2D eigenvalue weighted by molar-refractivity contribution is 9.10. The highest BCUT2D eigenvalue weighted by atomic mass is 79.9. The highest BCUT2D eigenvalue weighted by Crippen LogP contribution is 2.31. The van der Waals surface area contributed by atoms with Crippen LogP contribution in [0.3, 0.4) is 0 Å². The Morgan fingerprint density at radius 3 is 2.76 bits per heavy atom. The number of halogens is 3. The molecule has 5 heteroatoms. The van der Waals surface area contributed by atoms with Crippen molar-refractivity contribution < 1.29 is 9.50 Å². The van der Waals surface area contributed by atoms with Crippen LogP contribution in [0, 0.1) is 5.82 Å². The lowest BCUT2D eigenvalue weighted by molar-refractivity contribution is 0.182. The van der Waals surface area contributed by atoms with Crippen molar-refractivity contribution in [2.24, 2.45) is 0 Å². The largest absolute Gasteiger partial charge is 0.387 e. The SMILES string of the molecule is OC(Cc1ccc(F)c(Br)c1)c1sccc1Cl. The molecule has 17 heavy (non-hydrogen) atoms. The molecule has 1 N–H and O–H groups in total. The number of hydrogen-bond acceptors (Lipinski definition) is 2. The zero-order valence-electron chi connectivity index (χ0n) is 8.66. The second-order valence-electron chi connectivity index (χ2n) is 3.60. The van der Waals surface area contributed by atoms with Crippen LogP contribution in [0.2, 0.25) is 5.02 Å². The minimum Gasteiger partial charge on any atom is -0.387 e. The summed E-state index contributed by atoms with van der Waals surface area (Å²) >= 11 is 10.5. The lowest BCUT2D eigenvalue weighted by atomic mass is 10.1. The Morgan fingerprint density at radius 2 is 2.18 bits per heavy atom. The maximum Gasteiger partial charge on any atom is 0.137 e. The fourth-order valence-corrected chi connectivity index (χ4v) is 3.12. The first kappa shape index (κ1) is 13.0. The molecule has 1 unspecified atom stereocenters. The van der Waals surface area contributed by atoms with Crippen molar-refractivity contribution in [1.29, 1.82) is 0 Å². The van der Waals surface area contributed by atoms with Gasteiger partial charge in [0.25, 0.3) is 0 Å². The quantitative estimate of drug-likeness (QED) is 0.870. The van der Waals surface area contributed by atoms with E-state index in [2.05, 4.69) is 15.9 Å². The third-order valence-corrected chi connectivity index (χ3v) is 4.43. The van der Waals surface area contributed by atoms with Crippen LogP contribution in [0.1, 0.15) is 16.5 Å². The summed E-state index contributed by atoms with van der Waals surface area (Å²) in [6.07, 6.45) is -0.237. The van der Waals surface area contributed by atoms with Crippen molar-refractivity contribution in [2.45, 2.75) is 12.5 Å². The standard InChI is InChI=1S/C12H9BrClFOS/c13-8-5-7(1-2-10(8)15)6-11(16)12-9(14)3-4-17-12/h1-5,11,16H,6H2. The van der Waals surface area contributed by atoms with Gasteiger partial charge in [0.2, 0.25) is 0 Å². The number of aliphatic hydroxyl groups is 1. The zero-order valence-corrected chi connectivity index (χ0v) is 11.8. The van der Waals surface area contributed by atoms with Gasteiger partial charge in [-0.2, -0.15) is 0 Å². The van der Waals surface area contributed by atoms with Gasteiger partial charge in [-0.3, -0.25) is 0 Å². The summed E-state index contributed by atoms with van der Waals surface area (Å²) < 4.78 is 13.4. The molecule has 0 bridgehead atoms. The van der Waals surface area contributed by atoms with Gasteiger partial charge >= 0.3 is 0 Å². The maximum absolute atomic E-state index is 13.0. The minimum absolute atomic E-state index is 0.308. The van der Waals surface area contributed by atoms with E-state index in [4.69, 9.17) is 11.6 Å². The Kier molecular flexibility index (Phi) is 4.20. The highest BCUT2D eigenvalue weighted by Gasteiger charge is 2.14. The molecule has 2 rings (SSSR count). The predicted molar refractivity (Wildman–Crippen MR) is 72.1 cm³/mol. The number of thiophene rings is 1. The van der Waals surface area contributed by atoms with Crippen molar-refractivity contribution in [3.63, 3.8) is 0 Å². The van der Waals surface area contributed by atoms with Crippen LogP contribution in [-0.4, -0.2) is 5.11 Å². The summed E-state index contributed by atoms with van der Waals surface area (Å²) in [5, 5.41) is 12.4. The van der Waals surface area contributed by atoms with E-state index in [1.807, 2.05) is 5.38 Å². The van der Waals surface area contributed by atoms with E-state index >= 15 is 0 Å². The number of rotatable bonds is 3. The fraction of sp³-hybridized carbons (Fsp3) is 0.167. The first-order valence-electron chi connectivity index (χ1n) is 4.93. The van der Waals surface area contributed by atoms with E-state index in [1.165, 1.54) is 17.4 Å². The summed E-state index contributed by atoms with van der Waals surface area (Å²) in [6, 6.07) is 6.46. The van der Waals surface area contributed by atoms with Crippen molar-refractivity contribution in [1.82, 2.24) is 0 Å². The fourth-order valence-electron chi connectivity index (χ4n) is 1.53. The van der Waals surface area contributed by atoms with E-state index in [9.17, 15) is 9.50 Å². The molecule has 0 radical (unpaired) electrons. The maximum atomic E-state index is 13.0. The van der Waals surface area contributed by atoms with Crippen LogP contribution in [0.5, 0.6) is 0 Å². The second kappa shape index (κ2) is 5.48. The Balaban J connectivity index is 2.16. The molecule has 0 saturated heterocycles. The summed E-state index contributed by atoms with van der Waals surface area (Å²) in [7, 11) is 0. The number of hydrogen-bond donors (Lipinski definition) is 1. The van der Waals surface area contributed by atoms with Crippen LogP contribution >= 0.6 is 38.9 Å². The second-order valence-corrected chi connectivity index (χ2v) is 5.81. The number of aliphatic hydroxyl groups excluding tert-OH is 1. The minimum atomic E-state index is -0.653. The molecule has 0 aliphatic heterocycles. The summed E-state index contributed by atoms with van der Waals surface area (Å²) in [6.45, 7) is 0. The average Bonchev–Trinajstić information content (AvgIpc) is 2.70. The summed E-state index contributed by atoms with van der Waals surface area (Å²) in [5.41, 5.74) is 0.857. The Morgan fingerprint density at radius 1 is 1.41 bits per heavy atom. The van der Waals surface area contributed by atoms with E-state index in [1.54, 1.807) is 18.2 Å². The molecule has 0 amide bonds. The van der Waals surface area contributed by atoms with Crippen molar-refractivity contribution in [3.05, 3.63) is 55.4 Å². The molecule has 2 aromatic rings. The Hall–Kier alpha value is -0.420. The van der Waals surface area contributed by atoms with E-state index < -0.39 is 6.10 Å². The normalized spacial score (nSPS) is 12.7. The molecular formula is C12H9BrClFOS. The van der Waals surface area contributed by atoms with Crippen molar-refractivity contribution >= 4 is 38.9 Å². The Labute approximate surface area is 116 Å². The first-order valence-corrected chi connectivity index (χ1v) is 6.98. The van der Waals surface area contributed by atoms with Crippen LogP contribution in [0.4, 0.5) is 4.39 Å². The third kappa shape index (κ3) is 3.07. The van der Waals surface area contributed by atoms with E-state index in [0.29, 0.717) is 15.9 Å². The predicted octanol–water partition coefficient (Wildman–Crippen LogP) is 4.58. The van der Waals surface area contributed by atoms with Gasteiger partial charge in [0.15, 0.2) is 0 Å². The molecular weight excluding hydrogens is 327 g/mol. The molecule has 0 saturated carbocycles. The van der Waals surface area contributed by atoms with Gasteiger partial charge in [-0.15, -0.1) is 11.3 Å². The molecule has 1 aromatic heterocycles. The third-order valence-electron chi connectivity index (χ3n) is 2.36. The molecule has 0 spiro atoms. The van der Waals surface area contributed by atoms with Gasteiger partial charge < -0.3 is 5.11 Å². The van der Waals surface area contributed by atoms with Crippen LogP contribution < -0.4 is 0 Å². The van der Waals surface area contributed by atoms with Gasteiger partial charge in [-0.05, 0) is 45.1 Å². The van der Waals surface area contributed by atoms with Crippen molar-refractivity contribution in [3.8, 4) is 0 Å². The van der Waals surface area contributed by atoms with Crippen LogP contribution in [0.25, 0.3) is 0 Å². The smallest absolute Gasteiger partial charge is 0.137 e. The lowest BCUT2D eigenvalue weighted by Crippen LogP contribution is -2.00. The molecule has 1 nitrogen and oxygen atoms in total. The molecule has 0 aliphatic carbocycles. The molecule has 1 heterocycles. The lowest BCUT2D eigenvalue weighted by Gasteiger charge is -2.10. The Bertz CT molecular complexity index is 529. The van der Waals surface area contributed by atoms with E-state index in [0.717, 1.165) is 10.4 Å². The van der Waals surface area contributed by atoms with Gasteiger partial charge in [0.1, 0.15) is 5.82 Å². The van der Waals surface area contributed by atoms with Gasteiger partial charge in [0.05, 0.1) is 20.5 Å². The molecule has 0 fully saturated rings. The molecule has 1 atom stereocenters. The number of benzene rings is 1. The topological polar surface area (TPSA) is 20.2 Å². The van der Waals surface area contributed by atoms with E-state index in [-0.39, 0.29) is 5.82 Å². The molecule has 90 valence electrons. The first-order chi connectivity index (χ1) is 8.08.